The normalized spacial score (nSPS) is 12.0. The second-order valence-electron chi connectivity index (χ2n) is 4.53. The maximum Gasteiger partial charge on any atom is 0.321 e. The Morgan fingerprint density at radius 1 is 1.45 bits per heavy atom. The molecule has 2 rings (SSSR count). The monoisotopic (exact) mass is 322 g/mol. The second kappa shape index (κ2) is 7.17. The molecule has 0 fully saturated rings. The van der Waals surface area contributed by atoms with E-state index in [1.807, 2.05) is 18.2 Å². The molecule has 0 aliphatic carbocycles. The van der Waals surface area contributed by atoms with E-state index in [4.69, 9.17) is 4.74 Å². The van der Waals surface area contributed by atoms with E-state index in [1.54, 1.807) is 21.0 Å². The minimum atomic E-state index is -0.491. The topological polar surface area (TPSA) is 96.1 Å². The van der Waals surface area contributed by atoms with Crippen molar-refractivity contribution in [3.05, 3.63) is 18.2 Å². The van der Waals surface area contributed by atoms with Gasteiger partial charge in [-0.05, 0) is 26.0 Å². The first-order chi connectivity index (χ1) is 10.5. The van der Waals surface area contributed by atoms with Gasteiger partial charge in [0.05, 0.1) is 23.4 Å². The number of carbonyl (C=O) groups excluding carboxylic acids is 2. The fourth-order valence-corrected chi connectivity index (χ4v) is 2.61. The molecule has 0 saturated heterocycles. The van der Waals surface area contributed by atoms with Crippen LogP contribution in [0.15, 0.2) is 23.4 Å². The molecule has 3 N–H and O–H groups in total. The van der Waals surface area contributed by atoms with Gasteiger partial charge in [0, 0.05) is 12.6 Å². The van der Waals surface area contributed by atoms with Crippen LogP contribution in [0.2, 0.25) is 0 Å². The maximum atomic E-state index is 11.9. The number of H-pyrrole nitrogens is 1. The molecule has 1 aromatic carbocycles. The van der Waals surface area contributed by atoms with Crippen molar-refractivity contribution in [2.75, 3.05) is 13.7 Å². The number of hydrogen-bond donors (Lipinski definition) is 3. The van der Waals surface area contributed by atoms with Crippen LogP contribution in [0.5, 0.6) is 5.75 Å². The van der Waals surface area contributed by atoms with Crippen molar-refractivity contribution in [3.63, 3.8) is 0 Å². The number of methoxy groups -OCH3 is 1. The van der Waals surface area contributed by atoms with Crippen LogP contribution < -0.4 is 15.4 Å². The summed E-state index contributed by atoms with van der Waals surface area (Å²) in [5.41, 5.74) is 1.62. The van der Waals surface area contributed by atoms with E-state index in [1.165, 1.54) is 11.8 Å². The summed E-state index contributed by atoms with van der Waals surface area (Å²) in [4.78, 5) is 30.7. The summed E-state index contributed by atoms with van der Waals surface area (Å²) in [7, 11) is 1.60. The van der Waals surface area contributed by atoms with Crippen molar-refractivity contribution in [1.82, 2.24) is 20.6 Å². The number of hydrogen-bond acceptors (Lipinski definition) is 5. The third-order valence-electron chi connectivity index (χ3n) is 2.90. The van der Waals surface area contributed by atoms with Gasteiger partial charge in [-0.2, -0.15) is 0 Å². The van der Waals surface area contributed by atoms with Crippen molar-refractivity contribution in [2.24, 2.45) is 0 Å². The molecule has 0 unspecified atom stereocenters. The molecule has 0 spiro atoms. The number of ether oxygens (including phenoxy) is 1. The van der Waals surface area contributed by atoms with Gasteiger partial charge in [-0.25, -0.2) is 9.78 Å². The number of amides is 3. The molecule has 3 amide bonds. The van der Waals surface area contributed by atoms with Gasteiger partial charge in [-0.15, -0.1) is 0 Å². The SMILES string of the molecule is CCNC(=O)NC(=O)[C@@H](C)Sc1nc2ccc(OC)cc2[nH]1. The van der Waals surface area contributed by atoms with Crippen LogP contribution in [-0.4, -0.2) is 40.8 Å². The van der Waals surface area contributed by atoms with E-state index in [0.29, 0.717) is 11.7 Å². The molecule has 1 heterocycles. The van der Waals surface area contributed by atoms with Gasteiger partial charge in [0.2, 0.25) is 5.91 Å². The van der Waals surface area contributed by atoms with Gasteiger partial charge in [-0.3, -0.25) is 10.1 Å². The lowest BCUT2D eigenvalue weighted by molar-refractivity contribution is -0.119. The number of fused-ring (bicyclic) bond motifs is 1. The number of imidazole rings is 1. The summed E-state index contributed by atoms with van der Waals surface area (Å²) < 4.78 is 5.15. The van der Waals surface area contributed by atoms with Crippen LogP contribution in [-0.2, 0) is 4.79 Å². The summed E-state index contributed by atoms with van der Waals surface area (Å²) in [5.74, 6) is 0.365. The van der Waals surface area contributed by atoms with Gasteiger partial charge in [0.1, 0.15) is 5.75 Å². The Hall–Kier alpha value is -2.22. The third kappa shape index (κ3) is 3.91. The average Bonchev–Trinajstić information content (AvgIpc) is 2.88. The number of aromatic nitrogens is 2. The summed E-state index contributed by atoms with van der Waals surface area (Å²) in [6.07, 6.45) is 0. The summed E-state index contributed by atoms with van der Waals surface area (Å²) in [6, 6.07) is 5.01. The quantitative estimate of drug-likeness (QED) is 0.731. The maximum absolute atomic E-state index is 11.9. The minimum Gasteiger partial charge on any atom is -0.497 e. The number of carbonyl (C=O) groups is 2. The Morgan fingerprint density at radius 2 is 2.23 bits per heavy atom. The van der Waals surface area contributed by atoms with Crippen LogP contribution in [0, 0.1) is 0 Å². The number of benzene rings is 1. The molecular formula is C14H18N4O3S. The highest BCUT2D eigenvalue weighted by Gasteiger charge is 2.18. The smallest absolute Gasteiger partial charge is 0.321 e. The lowest BCUT2D eigenvalue weighted by Gasteiger charge is -2.09. The number of nitrogens with zero attached hydrogens (tertiary/aromatic N) is 1. The van der Waals surface area contributed by atoms with E-state index in [2.05, 4.69) is 20.6 Å². The number of urea groups is 1. The Bertz CT molecular complexity index is 686. The van der Waals surface area contributed by atoms with Gasteiger partial charge >= 0.3 is 6.03 Å². The minimum absolute atomic E-state index is 0.367. The van der Waals surface area contributed by atoms with Crippen LogP contribution >= 0.6 is 11.8 Å². The first-order valence-electron chi connectivity index (χ1n) is 6.82. The first-order valence-corrected chi connectivity index (χ1v) is 7.70. The summed E-state index contributed by atoms with van der Waals surface area (Å²) >= 11 is 1.25. The van der Waals surface area contributed by atoms with Crippen molar-refractivity contribution < 1.29 is 14.3 Å². The molecule has 1 aromatic heterocycles. The highest BCUT2D eigenvalue weighted by molar-refractivity contribution is 8.00. The fourth-order valence-electron chi connectivity index (χ4n) is 1.79. The van der Waals surface area contributed by atoms with E-state index >= 15 is 0 Å². The first kappa shape index (κ1) is 16.2. The Morgan fingerprint density at radius 3 is 2.91 bits per heavy atom. The summed E-state index contributed by atoms with van der Waals surface area (Å²) in [6.45, 7) is 3.96. The van der Waals surface area contributed by atoms with Crippen molar-refractivity contribution >= 4 is 34.7 Å². The molecule has 8 heteroatoms. The number of aromatic amines is 1. The van der Waals surface area contributed by atoms with Crippen LogP contribution in [0.1, 0.15) is 13.8 Å². The van der Waals surface area contributed by atoms with Crippen molar-refractivity contribution in [1.29, 1.82) is 0 Å². The number of imide groups is 1. The second-order valence-corrected chi connectivity index (χ2v) is 5.86. The Labute approximate surface area is 132 Å². The van der Waals surface area contributed by atoms with Crippen molar-refractivity contribution in [3.8, 4) is 5.75 Å². The number of rotatable bonds is 5. The van der Waals surface area contributed by atoms with Crippen LogP contribution in [0.3, 0.4) is 0 Å². The molecule has 0 bridgehead atoms. The number of nitrogens with one attached hydrogen (secondary N) is 3. The van der Waals surface area contributed by atoms with E-state index in [9.17, 15) is 9.59 Å². The zero-order valence-electron chi connectivity index (χ0n) is 12.6. The molecule has 118 valence electrons. The standard InChI is InChI=1S/C14H18N4O3S/c1-4-15-13(20)18-12(19)8(2)22-14-16-10-6-5-9(21-3)7-11(10)17-14/h5-8H,4H2,1-3H3,(H,16,17)(H2,15,18,19,20)/t8-/m1/s1. The average molecular weight is 322 g/mol. The molecule has 0 aliphatic heterocycles. The lowest BCUT2D eigenvalue weighted by Crippen LogP contribution is -2.42. The zero-order chi connectivity index (χ0) is 16.1. The lowest BCUT2D eigenvalue weighted by atomic mass is 10.3. The molecule has 0 aliphatic rings. The highest BCUT2D eigenvalue weighted by Crippen LogP contribution is 2.25. The molecule has 22 heavy (non-hydrogen) atoms. The van der Waals surface area contributed by atoms with Crippen LogP contribution in [0.4, 0.5) is 4.79 Å². The van der Waals surface area contributed by atoms with Gasteiger partial charge in [0.25, 0.3) is 0 Å². The van der Waals surface area contributed by atoms with Crippen molar-refractivity contribution in [2.45, 2.75) is 24.3 Å². The Balaban J connectivity index is 2.03. The molecule has 2 aromatic rings. The largest absolute Gasteiger partial charge is 0.497 e. The van der Waals surface area contributed by atoms with E-state index in [0.717, 1.165) is 16.8 Å². The third-order valence-corrected chi connectivity index (χ3v) is 3.88. The highest BCUT2D eigenvalue weighted by atomic mass is 32.2. The van der Waals surface area contributed by atoms with E-state index in [-0.39, 0.29) is 5.91 Å². The Kier molecular flexibility index (Phi) is 5.26. The summed E-state index contributed by atoms with van der Waals surface area (Å²) in [5, 5.41) is 4.95. The molecule has 1 atom stereocenters. The molecule has 7 nitrogen and oxygen atoms in total. The van der Waals surface area contributed by atoms with Gasteiger partial charge in [0.15, 0.2) is 5.16 Å². The van der Waals surface area contributed by atoms with E-state index < -0.39 is 11.3 Å². The molecule has 0 saturated carbocycles. The zero-order valence-corrected chi connectivity index (χ0v) is 13.4. The van der Waals surface area contributed by atoms with Crippen LogP contribution in [0.25, 0.3) is 11.0 Å². The predicted molar refractivity (Wildman–Crippen MR) is 85.2 cm³/mol. The number of thioether (sulfide) groups is 1. The van der Waals surface area contributed by atoms with Gasteiger partial charge in [-0.1, -0.05) is 11.8 Å². The molecule has 0 radical (unpaired) electrons. The van der Waals surface area contributed by atoms with Gasteiger partial charge < -0.3 is 15.0 Å². The predicted octanol–water partition coefficient (Wildman–Crippen LogP) is 1.90. The molecular weight excluding hydrogens is 304 g/mol. The fraction of sp³-hybridized carbons (Fsp3) is 0.357.